The van der Waals surface area contributed by atoms with Gasteiger partial charge in [-0.05, 0) is 36.8 Å². The Bertz CT molecular complexity index is 623. The molecule has 0 aliphatic rings. The highest BCUT2D eigenvalue weighted by atomic mass is 79.9. The van der Waals surface area contributed by atoms with Crippen LogP contribution in [0.2, 0.25) is 5.02 Å². The lowest BCUT2D eigenvalue weighted by molar-refractivity contribution is 0.103. The first-order chi connectivity index (χ1) is 8.49. The summed E-state index contributed by atoms with van der Waals surface area (Å²) >= 11 is 12.8. The van der Waals surface area contributed by atoms with Crippen molar-refractivity contribution in [3.05, 3.63) is 67.1 Å². The van der Waals surface area contributed by atoms with E-state index in [1.54, 1.807) is 18.2 Å². The predicted octanol–water partition coefficient (Wildman–Crippen LogP) is 5.40. The lowest BCUT2D eigenvalue weighted by atomic mass is 10.0. The smallest absolute Gasteiger partial charge is 0.194 e. The van der Waals surface area contributed by atoms with Crippen LogP contribution in [0, 0.1) is 6.92 Å². The molecule has 0 heterocycles. The van der Waals surface area contributed by atoms with Gasteiger partial charge in [0.1, 0.15) is 0 Å². The fourth-order valence-electron chi connectivity index (χ4n) is 1.56. The van der Waals surface area contributed by atoms with Crippen molar-refractivity contribution in [3.8, 4) is 0 Å². The molecule has 2 rings (SSSR count). The fraction of sp³-hybridized carbons (Fsp3) is 0.0714. The van der Waals surface area contributed by atoms with E-state index in [9.17, 15) is 4.79 Å². The molecule has 0 unspecified atom stereocenters. The molecule has 1 nitrogen and oxygen atoms in total. The summed E-state index contributed by atoms with van der Waals surface area (Å²) in [6.07, 6.45) is 0. The molecule has 0 saturated carbocycles. The van der Waals surface area contributed by atoms with E-state index in [0.717, 1.165) is 14.5 Å². The van der Waals surface area contributed by atoms with Crippen LogP contribution in [0.4, 0.5) is 0 Å². The summed E-state index contributed by atoms with van der Waals surface area (Å²) < 4.78 is 1.64. The van der Waals surface area contributed by atoms with Crippen LogP contribution < -0.4 is 0 Å². The Hall–Kier alpha value is -0.640. The van der Waals surface area contributed by atoms with Crippen LogP contribution in [0.15, 0.2) is 45.3 Å². The number of aryl methyl sites for hydroxylation is 1. The Balaban J connectivity index is 2.47. The molecule has 0 saturated heterocycles. The molecule has 0 radical (unpaired) electrons. The average molecular weight is 388 g/mol. The van der Waals surface area contributed by atoms with Gasteiger partial charge in [-0.15, -0.1) is 0 Å². The van der Waals surface area contributed by atoms with E-state index < -0.39 is 0 Å². The van der Waals surface area contributed by atoms with Crippen molar-refractivity contribution in [1.82, 2.24) is 0 Å². The maximum Gasteiger partial charge on any atom is 0.194 e. The van der Waals surface area contributed by atoms with Gasteiger partial charge in [0.05, 0.1) is 0 Å². The summed E-state index contributed by atoms with van der Waals surface area (Å²) in [6, 6.07) is 10.8. The zero-order valence-corrected chi connectivity index (χ0v) is 13.4. The normalized spacial score (nSPS) is 10.4. The van der Waals surface area contributed by atoms with Crippen molar-refractivity contribution >= 4 is 49.2 Å². The maximum atomic E-state index is 12.4. The van der Waals surface area contributed by atoms with Gasteiger partial charge in [-0.1, -0.05) is 55.6 Å². The van der Waals surface area contributed by atoms with Gasteiger partial charge < -0.3 is 0 Å². The van der Waals surface area contributed by atoms with Crippen molar-refractivity contribution in [2.24, 2.45) is 0 Å². The molecule has 2 aromatic carbocycles. The molecule has 0 aromatic heterocycles. The van der Waals surface area contributed by atoms with Gasteiger partial charge in [0.2, 0.25) is 0 Å². The quantitative estimate of drug-likeness (QED) is 0.629. The number of benzene rings is 2. The van der Waals surface area contributed by atoms with Crippen LogP contribution in [0.3, 0.4) is 0 Å². The molecule has 0 atom stereocenters. The fourth-order valence-corrected chi connectivity index (χ4v) is 2.53. The van der Waals surface area contributed by atoms with Crippen molar-refractivity contribution in [2.75, 3.05) is 0 Å². The first kappa shape index (κ1) is 13.8. The summed E-state index contributed by atoms with van der Waals surface area (Å²) in [5.74, 6) is -0.0509. The maximum absolute atomic E-state index is 12.4. The minimum absolute atomic E-state index is 0.0509. The summed E-state index contributed by atoms with van der Waals surface area (Å²) in [5, 5.41) is 0.604. The lowest BCUT2D eigenvalue weighted by Gasteiger charge is -2.06. The molecule has 0 fully saturated rings. The van der Waals surface area contributed by atoms with Gasteiger partial charge >= 0.3 is 0 Å². The Morgan fingerprint density at radius 2 is 1.83 bits per heavy atom. The van der Waals surface area contributed by atoms with E-state index in [0.29, 0.717) is 16.1 Å². The molecule has 0 N–H and O–H groups in total. The van der Waals surface area contributed by atoms with Crippen molar-refractivity contribution in [2.45, 2.75) is 6.92 Å². The molecular formula is C14H9Br2ClO. The van der Waals surface area contributed by atoms with Gasteiger partial charge in [0.15, 0.2) is 5.78 Å². The van der Waals surface area contributed by atoms with Gasteiger partial charge in [-0.2, -0.15) is 0 Å². The molecule has 0 aliphatic carbocycles. The first-order valence-electron chi connectivity index (χ1n) is 5.25. The van der Waals surface area contributed by atoms with Gasteiger partial charge in [0.25, 0.3) is 0 Å². The van der Waals surface area contributed by atoms with Crippen LogP contribution in [0.5, 0.6) is 0 Å². The van der Waals surface area contributed by atoms with E-state index in [4.69, 9.17) is 11.6 Å². The largest absolute Gasteiger partial charge is 0.289 e. The first-order valence-corrected chi connectivity index (χ1v) is 7.21. The highest BCUT2D eigenvalue weighted by molar-refractivity contribution is 9.11. The number of carbonyl (C=O) groups is 1. The van der Waals surface area contributed by atoms with Gasteiger partial charge in [-0.25, -0.2) is 0 Å². The summed E-state index contributed by atoms with van der Waals surface area (Å²) in [4.78, 5) is 12.4. The van der Waals surface area contributed by atoms with Crippen LogP contribution in [0.1, 0.15) is 21.5 Å². The Morgan fingerprint density at radius 1 is 1.11 bits per heavy atom. The van der Waals surface area contributed by atoms with E-state index in [2.05, 4.69) is 31.9 Å². The molecule has 0 amide bonds. The highest BCUT2D eigenvalue weighted by Crippen LogP contribution is 2.25. The lowest BCUT2D eigenvalue weighted by Crippen LogP contribution is -2.02. The number of ketones is 1. The number of rotatable bonds is 2. The second-order valence-corrected chi connectivity index (χ2v) is 6.09. The van der Waals surface area contributed by atoms with Gasteiger partial charge in [-0.3, -0.25) is 4.79 Å². The van der Waals surface area contributed by atoms with E-state index in [1.807, 2.05) is 25.1 Å². The Labute approximate surface area is 127 Å². The number of hydrogen-bond acceptors (Lipinski definition) is 1. The topological polar surface area (TPSA) is 17.1 Å². The van der Waals surface area contributed by atoms with Crippen LogP contribution in [0.25, 0.3) is 0 Å². The average Bonchev–Trinajstić information content (AvgIpc) is 2.35. The van der Waals surface area contributed by atoms with E-state index in [1.165, 1.54) is 0 Å². The number of halogens is 3. The Kier molecular flexibility index (Phi) is 4.25. The molecule has 18 heavy (non-hydrogen) atoms. The molecular weight excluding hydrogens is 379 g/mol. The van der Waals surface area contributed by atoms with Crippen molar-refractivity contribution in [1.29, 1.82) is 0 Å². The van der Waals surface area contributed by atoms with Gasteiger partial charge in [0, 0.05) is 25.1 Å². The SMILES string of the molecule is Cc1ccc(C(=O)c2cc(Br)ccc2Br)cc1Cl. The molecule has 0 spiro atoms. The minimum atomic E-state index is -0.0509. The second-order valence-electron chi connectivity index (χ2n) is 3.92. The molecule has 0 bridgehead atoms. The van der Waals surface area contributed by atoms with Crippen molar-refractivity contribution < 1.29 is 4.79 Å². The summed E-state index contributed by atoms with van der Waals surface area (Å²) in [6.45, 7) is 1.91. The van der Waals surface area contributed by atoms with Crippen LogP contribution in [-0.2, 0) is 0 Å². The zero-order valence-electron chi connectivity index (χ0n) is 9.51. The molecule has 2 aromatic rings. The van der Waals surface area contributed by atoms with E-state index >= 15 is 0 Å². The third kappa shape index (κ3) is 2.85. The van der Waals surface area contributed by atoms with Crippen molar-refractivity contribution in [3.63, 3.8) is 0 Å². The standard InChI is InChI=1S/C14H9Br2ClO/c1-8-2-3-9(6-13(8)17)14(18)11-7-10(15)4-5-12(11)16/h2-7H,1H3. The van der Waals surface area contributed by atoms with E-state index in [-0.39, 0.29) is 5.78 Å². The monoisotopic (exact) mass is 386 g/mol. The minimum Gasteiger partial charge on any atom is -0.289 e. The summed E-state index contributed by atoms with van der Waals surface area (Å²) in [5.41, 5.74) is 2.16. The highest BCUT2D eigenvalue weighted by Gasteiger charge is 2.13. The number of carbonyl (C=O) groups excluding carboxylic acids is 1. The predicted molar refractivity (Wildman–Crippen MR) is 81.5 cm³/mol. The molecule has 92 valence electrons. The third-order valence-electron chi connectivity index (χ3n) is 2.61. The van der Waals surface area contributed by atoms with Crippen LogP contribution >= 0.6 is 43.5 Å². The molecule has 4 heteroatoms. The second kappa shape index (κ2) is 5.55. The zero-order chi connectivity index (χ0) is 13.3. The third-order valence-corrected chi connectivity index (χ3v) is 4.20. The van der Waals surface area contributed by atoms with Crippen LogP contribution in [-0.4, -0.2) is 5.78 Å². The Morgan fingerprint density at radius 3 is 2.50 bits per heavy atom. The number of hydrogen-bond donors (Lipinski definition) is 0. The molecule has 0 aliphatic heterocycles. The summed E-state index contributed by atoms with van der Waals surface area (Å²) in [7, 11) is 0.